The van der Waals surface area contributed by atoms with Gasteiger partial charge >= 0.3 is 0 Å². The maximum absolute atomic E-state index is 5.26. The van der Waals surface area contributed by atoms with Gasteiger partial charge in [0.1, 0.15) is 5.69 Å². The number of aromatic nitrogens is 1. The van der Waals surface area contributed by atoms with Gasteiger partial charge < -0.3 is 9.47 Å². The highest BCUT2D eigenvalue weighted by Gasteiger charge is 2.26. The Hall–Kier alpha value is -0.450. The van der Waals surface area contributed by atoms with Crippen molar-refractivity contribution in [3.8, 4) is 0 Å². The van der Waals surface area contributed by atoms with Crippen LogP contribution in [-0.2, 0) is 9.47 Å². The molecule has 108 valence electrons. The van der Waals surface area contributed by atoms with Gasteiger partial charge in [-0.15, -0.1) is 11.3 Å². The topological polar surface area (TPSA) is 31.4 Å². The molecule has 0 bridgehead atoms. The molecule has 0 unspecified atom stereocenters. The Morgan fingerprint density at radius 2 is 1.79 bits per heavy atom. The predicted molar refractivity (Wildman–Crippen MR) is 78.4 cm³/mol. The number of ether oxygens (including phenoxy) is 2. The van der Waals surface area contributed by atoms with Crippen molar-refractivity contribution in [2.24, 2.45) is 11.8 Å². The molecule has 2 rings (SSSR count). The van der Waals surface area contributed by atoms with Gasteiger partial charge in [0.25, 0.3) is 0 Å². The Morgan fingerprint density at radius 3 is 2.32 bits per heavy atom. The molecule has 19 heavy (non-hydrogen) atoms. The van der Waals surface area contributed by atoms with Crippen LogP contribution in [0.4, 0.5) is 0 Å². The molecular weight excluding hydrogens is 258 g/mol. The fraction of sp³-hybridized carbons (Fsp3) is 0.800. The van der Waals surface area contributed by atoms with Gasteiger partial charge in [0.15, 0.2) is 0 Å². The third kappa shape index (κ3) is 3.56. The molecule has 1 saturated carbocycles. The van der Waals surface area contributed by atoms with Gasteiger partial charge in [-0.05, 0) is 37.5 Å². The summed E-state index contributed by atoms with van der Waals surface area (Å²) in [7, 11) is 3.31. The van der Waals surface area contributed by atoms with Gasteiger partial charge in [-0.2, -0.15) is 0 Å². The summed E-state index contributed by atoms with van der Waals surface area (Å²) in [6.45, 7) is 4.68. The molecule has 0 amide bonds. The lowest BCUT2D eigenvalue weighted by Gasteiger charge is -2.29. The zero-order chi connectivity index (χ0) is 13.8. The van der Waals surface area contributed by atoms with E-state index >= 15 is 0 Å². The Labute approximate surface area is 120 Å². The summed E-state index contributed by atoms with van der Waals surface area (Å²) in [6.07, 6.45) is 4.92. The lowest BCUT2D eigenvalue weighted by molar-refractivity contribution is -0.108. The van der Waals surface area contributed by atoms with Gasteiger partial charge in [0.05, 0.1) is 5.01 Å². The van der Waals surface area contributed by atoms with E-state index in [0.29, 0.717) is 5.92 Å². The van der Waals surface area contributed by atoms with Crippen LogP contribution in [-0.4, -0.2) is 19.2 Å². The van der Waals surface area contributed by atoms with Gasteiger partial charge in [-0.3, -0.25) is 0 Å². The molecule has 0 spiro atoms. The standard InChI is InChI=1S/C15H25NO2S/c1-10(2)11-5-7-12(8-6-11)14-16-13(9-19-14)15(17-3)18-4/h9-12,15H,5-8H2,1-4H3. The van der Waals surface area contributed by atoms with Crippen LogP contribution in [0.15, 0.2) is 5.38 Å². The minimum absolute atomic E-state index is 0.322. The molecule has 1 aliphatic rings. The van der Waals surface area contributed by atoms with Gasteiger partial charge in [-0.1, -0.05) is 13.8 Å². The van der Waals surface area contributed by atoms with E-state index in [4.69, 9.17) is 14.5 Å². The van der Waals surface area contributed by atoms with Crippen molar-refractivity contribution < 1.29 is 9.47 Å². The van der Waals surface area contributed by atoms with Crippen molar-refractivity contribution in [3.63, 3.8) is 0 Å². The highest BCUT2D eigenvalue weighted by atomic mass is 32.1. The monoisotopic (exact) mass is 283 g/mol. The van der Waals surface area contributed by atoms with E-state index in [1.807, 2.05) is 0 Å². The van der Waals surface area contributed by atoms with Crippen LogP contribution in [0.5, 0.6) is 0 Å². The number of hydrogen-bond acceptors (Lipinski definition) is 4. The van der Waals surface area contributed by atoms with Crippen molar-refractivity contribution in [3.05, 3.63) is 16.1 Å². The predicted octanol–water partition coefficient (Wildman–Crippen LogP) is 4.36. The van der Waals surface area contributed by atoms with E-state index in [2.05, 4.69) is 19.2 Å². The average molecular weight is 283 g/mol. The Kier molecular flexibility index (Phi) is 5.37. The number of rotatable bonds is 5. The van der Waals surface area contributed by atoms with Crippen LogP contribution in [0.2, 0.25) is 0 Å². The van der Waals surface area contributed by atoms with Crippen LogP contribution >= 0.6 is 11.3 Å². The lowest BCUT2D eigenvalue weighted by Crippen LogP contribution is -2.17. The zero-order valence-corrected chi connectivity index (χ0v) is 13.2. The Balaban J connectivity index is 1.96. The molecule has 1 aliphatic carbocycles. The molecule has 1 fully saturated rings. The highest BCUT2D eigenvalue weighted by molar-refractivity contribution is 7.09. The summed E-state index contributed by atoms with van der Waals surface area (Å²) in [5.74, 6) is 2.36. The molecule has 0 N–H and O–H groups in total. The van der Waals surface area contributed by atoms with E-state index < -0.39 is 0 Å². The van der Waals surface area contributed by atoms with E-state index in [9.17, 15) is 0 Å². The van der Waals surface area contributed by atoms with Crippen molar-refractivity contribution in [1.82, 2.24) is 4.98 Å². The third-order valence-corrected chi connectivity index (χ3v) is 5.30. The van der Waals surface area contributed by atoms with E-state index in [1.165, 1.54) is 30.7 Å². The first-order valence-corrected chi connectivity index (χ1v) is 8.04. The zero-order valence-electron chi connectivity index (χ0n) is 12.4. The summed E-state index contributed by atoms with van der Waals surface area (Å²) in [5, 5.41) is 3.33. The number of methoxy groups -OCH3 is 2. The van der Waals surface area contributed by atoms with Crippen molar-refractivity contribution in [2.75, 3.05) is 14.2 Å². The lowest BCUT2D eigenvalue weighted by atomic mass is 9.77. The van der Waals surface area contributed by atoms with Gasteiger partial charge in [0, 0.05) is 25.5 Å². The number of hydrogen-bond donors (Lipinski definition) is 0. The Morgan fingerprint density at radius 1 is 1.16 bits per heavy atom. The normalized spacial score (nSPS) is 24.3. The average Bonchev–Trinajstić information content (AvgIpc) is 2.90. The largest absolute Gasteiger partial charge is 0.350 e. The van der Waals surface area contributed by atoms with Crippen LogP contribution in [0.3, 0.4) is 0 Å². The summed E-state index contributed by atoms with van der Waals surface area (Å²) >= 11 is 1.75. The Bertz CT molecular complexity index is 379. The molecule has 0 atom stereocenters. The minimum atomic E-state index is -0.322. The van der Waals surface area contributed by atoms with Crippen LogP contribution in [0.25, 0.3) is 0 Å². The summed E-state index contributed by atoms with van der Waals surface area (Å²) in [5.41, 5.74) is 0.913. The van der Waals surface area contributed by atoms with E-state index in [0.717, 1.165) is 17.5 Å². The molecule has 0 saturated heterocycles. The number of thiazole rings is 1. The summed E-state index contributed by atoms with van der Waals surface area (Å²) < 4.78 is 10.5. The summed E-state index contributed by atoms with van der Waals surface area (Å²) in [4.78, 5) is 4.71. The first kappa shape index (κ1) is 14.9. The molecular formula is C15H25NO2S. The fourth-order valence-corrected chi connectivity index (χ4v) is 3.96. The maximum atomic E-state index is 5.26. The first-order chi connectivity index (χ1) is 9.15. The van der Waals surface area contributed by atoms with E-state index in [-0.39, 0.29) is 6.29 Å². The maximum Gasteiger partial charge on any atom is 0.201 e. The highest BCUT2D eigenvalue weighted by Crippen LogP contribution is 2.40. The van der Waals surface area contributed by atoms with Crippen molar-refractivity contribution in [2.45, 2.75) is 51.7 Å². The molecule has 1 aromatic heterocycles. The van der Waals surface area contributed by atoms with Crippen molar-refractivity contribution >= 4 is 11.3 Å². The molecule has 0 aromatic carbocycles. The SMILES string of the molecule is COC(OC)c1csc(C2CCC(C(C)C)CC2)n1. The van der Waals surface area contributed by atoms with Crippen molar-refractivity contribution in [1.29, 1.82) is 0 Å². The van der Waals surface area contributed by atoms with E-state index in [1.54, 1.807) is 25.6 Å². The van der Waals surface area contributed by atoms with Crippen LogP contribution in [0, 0.1) is 11.8 Å². The number of nitrogens with zero attached hydrogens (tertiary/aromatic N) is 1. The first-order valence-electron chi connectivity index (χ1n) is 7.16. The van der Waals surface area contributed by atoms with Gasteiger partial charge in [-0.25, -0.2) is 4.98 Å². The molecule has 1 aromatic rings. The molecule has 1 heterocycles. The molecule has 3 nitrogen and oxygen atoms in total. The second-order valence-corrected chi connectivity index (χ2v) is 6.66. The second-order valence-electron chi connectivity index (χ2n) is 5.77. The molecule has 0 radical (unpaired) electrons. The minimum Gasteiger partial charge on any atom is -0.350 e. The van der Waals surface area contributed by atoms with Crippen LogP contribution in [0.1, 0.15) is 62.4 Å². The van der Waals surface area contributed by atoms with Crippen LogP contribution < -0.4 is 0 Å². The quantitative estimate of drug-likeness (QED) is 0.752. The second kappa shape index (κ2) is 6.82. The smallest absolute Gasteiger partial charge is 0.201 e. The molecule has 0 aliphatic heterocycles. The fourth-order valence-electron chi connectivity index (χ4n) is 2.97. The summed E-state index contributed by atoms with van der Waals surface area (Å²) in [6, 6.07) is 0. The third-order valence-electron chi connectivity index (χ3n) is 4.27. The van der Waals surface area contributed by atoms with Gasteiger partial charge in [0.2, 0.25) is 6.29 Å². The molecule has 4 heteroatoms.